The Morgan fingerprint density at radius 1 is 1.42 bits per heavy atom. The number of rotatable bonds is 5. The molecule has 138 valence electrons. The Kier molecular flexibility index (Phi) is 6.47. The molecule has 1 fully saturated rings. The third-order valence-corrected chi connectivity index (χ3v) is 4.32. The predicted octanol–water partition coefficient (Wildman–Crippen LogP) is 1.88. The van der Waals surface area contributed by atoms with E-state index in [0.717, 1.165) is 5.56 Å². The summed E-state index contributed by atoms with van der Waals surface area (Å²) < 4.78 is 5.22. The molecule has 1 amide bonds. The number of carbonyl (C=O) groups is 2. The first kappa shape index (κ1) is 19.6. The van der Waals surface area contributed by atoms with Crippen molar-refractivity contribution in [3.05, 3.63) is 35.9 Å². The maximum Gasteiger partial charge on any atom is 0.315 e. The van der Waals surface area contributed by atoms with Crippen LogP contribution in [0.1, 0.15) is 44.6 Å². The summed E-state index contributed by atoms with van der Waals surface area (Å²) in [4.78, 5) is 24.2. The van der Waals surface area contributed by atoms with Gasteiger partial charge in [-0.3, -0.25) is 9.59 Å². The summed E-state index contributed by atoms with van der Waals surface area (Å²) >= 11 is 0. The minimum atomic E-state index is -1.08. The smallest absolute Gasteiger partial charge is 0.315 e. The molecule has 0 saturated heterocycles. The Morgan fingerprint density at radius 2 is 2.12 bits per heavy atom. The molecule has 0 heterocycles. The number of hydrogen-bond donors (Lipinski definition) is 2. The zero-order valence-electron chi connectivity index (χ0n) is 14.9. The van der Waals surface area contributed by atoms with Crippen molar-refractivity contribution in [2.24, 2.45) is 11.0 Å². The maximum atomic E-state index is 12.6. The largest absolute Gasteiger partial charge is 0.465 e. The van der Waals surface area contributed by atoms with Gasteiger partial charge in [0.1, 0.15) is 12.3 Å². The Hall–Kier alpha value is -2.72. The van der Waals surface area contributed by atoms with Gasteiger partial charge >= 0.3 is 5.97 Å². The lowest BCUT2D eigenvalue weighted by Crippen LogP contribution is -2.46. The third-order valence-electron chi connectivity index (χ3n) is 4.32. The Morgan fingerprint density at radius 3 is 2.73 bits per heavy atom. The van der Waals surface area contributed by atoms with E-state index in [9.17, 15) is 14.7 Å². The van der Waals surface area contributed by atoms with Crippen LogP contribution in [0.15, 0.2) is 35.4 Å². The van der Waals surface area contributed by atoms with Crippen LogP contribution in [-0.4, -0.2) is 34.9 Å². The first-order valence-electron chi connectivity index (χ1n) is 8.54. The number of nitriles is 1. The first-order valence-corrected chi connectivity index (χ1v) is 8.54. The molecule has 0 spiro atoms. The van der Waals surface area contributed by atoms with Gasteiger partial charge in [0.2, 0.25) is 0 Å². The highest BCUT2D eigenvalue weighted by molar-refractivity contribution is 6.04. The Bertz CT molecular complexity index is 722. The number of nitrogens with zero attached hydrogens (tertiary/aromatic N) is 2. The summed E-state index contributed by atoms with van der Waals surface area (Å²) in [6.07, 6.45) is 0.164. The summed E-state index contributed by atoms with van der Waals surface area (Å²) in [7, 11) is 0. The van der Waals surface area contributed by atoms with Gasteiger partial charge in [0.25, 0.3) is 5.91 Å². The molecule has 1 saturated carbocycles. The monoisotopic (exact) mass is 357 g/mol. The lowest BCUT2D eigenvalue weighted by Gasteiger charge is -2.39. The van der Waals surface area contributed by atoms with Gasteiger partial charge in [0.05, 0.1) is 24.0 Å². The predicted molar refractivity (Wildman–Crippen MR) is 95.0 cm³/mol. The van der Waals surface area contributed by atoms with Crippen molar-refractivity contribution in [3.8, 4) is 6.07 Å². The van der Waals surface area contributed by atoms with Gasteiger partial charge in [-0.1, -0.05) is 30.3 Å². The average molecular weight is 357 g/mol. The van der Waals surface area contributed by atoms with E-state index in [1.807, 2.05) is 30.3 Å². The molecule has 7 heteroatoms. The molecule has 2 rings (SSSR count). The average Bonchev–Trinajstić information content (AvgIpc) is 2.60. The molecule has 2 N–H and O–H groups in total. The van der Waals surface area contributed by atoms with Gasteiger partial charge in [-0.25, -0.2) is 5.43 Å². The summed E-state index contributed by atoms with van der Waals surface area (Å²) in [6.45, 7) is 3.62. The van der Waals surface area contributed by atoms with Crippen LogP contribution in [0.4, 0.5) is 0 Å². The number of amides is 1. The summed E-state index contributed by atoms with van der Waals surface area (Å²) in [5.41, 5.74) is 2.45. The third kappa shape index (κ3) is 4.90. The SMILES string of the molecule is CCOC(=O)[C@H]1/C(=N\NC(=O)CC#N)C[C@](C)(O)C[C@H]1c1ccccc1. The van der Waals surface area contributed by atoms with Crippen LogP contribution in [0, 0.1) is 17.2 Å². The standard InChI is InChI=1S/C19H23N3O4/c1-3-26-18(24)17-14(13-7-5-4-6-8-13)11-19(2,25)12-15(17)21-22-16(23)9-10-20/h4-8,14,17,25H,3,9,11-12H2,1-2H3,(H,22,23)/b21-15-/t14-,17+,19+/m0/s1. The van der Waals surface area contributed by atoms with E-state index in [-0.39, 0.29) is 25.4 Å². The normalized spacial score (nSPS) is 26.8. The van der Waals surface area contributed by atoms with E-state index in [1.54, 1.807) is 19.9 Å². The number of benzene rings is 1. The van der Waals surface area contributed by atoms with E-state index in [1.165, 1.54) is 0 Å². The number of aliphatic hydroxyl groups is 1. The molecule has 0 aliphatic heterocycles. The van der Waals surface area contributed by atoms with Gasteiger partial charge in [-0.15, -0.1) is 0 Å². The van der Waals surface area contributed by atoms with Crippen LogP contribution >= 0.6 is 0 Å². The van der Waals surface area contributed by atoms with Crippen molar-refractivity contribution < 1.29 is 19.4 Å². The molecule has 0 radical (unpaired) electrons. The molecule has 7 nitrogen and oxygen atoms in total. The van der Waals surface area contributed by atoms with Gasteiger partial charge in [-0.2, -0.15) is 10.4 Å². The van der Waals surface area contributed by atoms with E-state index in [2.05, 4.69) is 10.5 Å². The second-order valence-corrected chi connectivity index (χ2v) is 6.60. The minimum Gasteiger partial charge on any atom is -0.465 e. The molecule has 0 aromatic heterocycles. The first-order chi connectivity index (χ1) is 12.4. The molecule has 1 aromatic carbocycles. The van der Waals surface area contributed by atoms with Crippen LogP contribution in [0.5, 0.6) is 0 Å². The number of nitrogens with one attached hydrogen (secondary N) is 1. The van der Waals surface area contributed by atoms with Crippen LogP contribution in [0.25, 0.3) is 0 Å². The number of ether oxygens (including phenoxy) is 1. The van der Waals surface area contributed by atoms with Crippen molar-refractivity contribution in [1.29, 1.82) is 5.26 Å². The number of hydrogen-bond acceptors (Lipinski definition) is 6. The summed E-state index contributed by atoms with van der Waals surface area (Å²) in [5, 5.41) is 23.3. The van der Waals surface area contributed by atoms with Gasteiger partial charge < -0.3 is 9.84 Å². The molecule has 0 bridgehead atoms. The highest BCUT2D eigenvalue weighted by Gasteiger charge is 2.45. The van der Waals surface area contributed by atoms with Gasteiger partial charge in [0, 0.05) is 12.3 Å². The molecule has 1 aromatic rings. The Balaban J connectivity index is 2.41. The highest BCUT2D eigenvalue weighted by Crippen LogP contribution is 2.41. The van der Waals surface area contributed by atoms with Crippen molar-refractivity contribution in [1.82, 2.24) is 5.43 Å². The zero-order chi connectivity index (χ0) is 19.2. The summed E-state index contributed by atoms with van der Waals surface area (Å²) in [5.74, 6) is -2.04. The second-order valence-electron chi connectivity index (χ2n) is 6.60. The lowest BCUT2D eigenvalue weighted by atomic mass is 9.68. The van der Waals surface area contributed by atoms with Gasteiger partial charge in [-0.05, 0) is 25.8 Å². The fourth-order valence-corrected chi connectivity index (χ4v) is 3.29. The van der Waals surface area contributed by atoms with Crippen LogP contribution in [0.2, 0.25) is 0 Å². The van der Waals surface area contributed by atoms with Crippen LogP contribution in [-0.2, 0) is 14.3 Å². The quantitative estimate of drug-likeness (QED) is 0.617. The van der Waals surface area contributed by atoms with Crippen molar-refractivity contribution in [3.63, 3.8) is 0 Å². The summed E-state index contributed by atoms with van der Waals surface area (Å²) in [6, 6.07) is 11.1. The van der Waals surface area contributed by atoms with E-state index >= 15 is 0 Å². The van der Waals surface area contributed by atoms with Crippen LogP contribution < -0.4 is 5.43 Å². The van der Waals surface area contributed by atoms with Gasteiger partial charge in [0.15, 0.2) is 0 Å². The number of carbonyl (C=O) groups excluding carboxylic acids is 2. The van der Waals surface area contributed by atoms with E-state index in [0.29, 0.717) is 12.1 Å². The molecular weight excluding hydrogens is 334 g/mol. The van der Waals surface area contributed by atoms with Crippen LogP contribution in [0.3, 0.4) is 0 Å². The fraction of sp³-hybridized carbons (Fsp3) is 0.474. The molecule has 0 unspecified atom stereocenters. The van der Waals surface area contributed by atoms with E-state index < -0.39 is 23.4 Å². The topological polar surface area (TPSA) is 112 Å². The zero-order valence-corrected chi connectivity index (χ0v) is 14.9. The number of esters is 1. The number of hydrazone groups is 1. The lowest BCUT2D eigenvalue weighted by molar-refractivity contribution is -0.147. The second kappa shape index (κ2) is 8.59. The Labute approximate surface area is 152 Å². The fourth-order valence-electron chi connectivity index (χ4n) is 3.29. The molecule has 1 aliphatic rings. The minimum absolute atomic E-state index is 0.132. The van der Waals surface area contributed by atoms with Crippen molar-refractivity contribution in [2.75, 3.05) is 6.61 Å². The molecule has 26 heavy (non-hydrogen) atoms. The highest BCUT2D eigenvalue weighted by atomic mass is 16.5. The molecule has 3 atom stereocenters. The molecule has 1 aliphatic carbocycles. The van der Waals surface area contributed by atoms with E-state index in [4.69, 9.17) is 10.00 Å². The maximum absolute atomic E-state index is 12.6. The van der Waals surface area contributed by atoms with Crippen molar-refractivity contribution in [2.45, 2.75) is 44.6 Å². The van der Waals surface area contributed by atoms with Crippen molar-refractivity contribution >= 4 is 17.6 Å². The molecular formula is C19H23N3O4.